The second-order valence-electron chi connectivity index (χ2n) is 6.47. The normalized spacial score (nSPS) is 26.5. The summed E-state index contributed by atoms with van der Waals surface area (Å²) in [5, 5.41) is 0. The van der Waals surface area contributed by atoms with Crippen LogP contribution in [0, 0.1) is 0 Å². The summed E-state index contributed by atoms with van der Waals surface area (Å²) in [5.41, 5.74) is 7.04. The third kappa shape index (κ3) is 1.78. The molecule has 1 unspecified atom stereocenters. The molecule has 1 aromatic carbocycles. The number of hydrogen-bond acceptors (Lipinski definition) is 1. The number of rotatable bonds is 1. The van der Waals surface area contributed by atoms with Crippen LogP contribution < -0.4 is 0 Å². The van der Waals surface area contributed by atoms with Gasteiger partial charge in [0.15, 0.2) is 0 Å². The molecule has 0 fully saturated rings. The average Bonchev–Trinajstić information content (AvgIpc) is 2.54. The quantitative estimate of drug-likeness (QED) is 0.604. The number of benzene rings is 1. The van der Waals surface area contributed by atoms with Gasteiger partial charge in [0, 0.05) is 15.2 Å². The van der Waals surface area contributed by atoms with Crippen molar-refractivity contribution in [1.29, 1.82) is 0 Å². The van der Waals surface area contributed by atoms with Crippen LogP contribution in [0.15, 0.2) is 87.7 Å². The first-order chi connectivity index (χ1) is 10.6. The first-order valence-corrected chi connectivity index (χ1v) is 8.69. The van der Waals surface area contributed by atoms with Crippen LogP contribution in [-0.4, -0.2) is 0 Å². The summed E-state index contributed by atoms with van der Waals surface area (Å²) in [6.45, 7) is 10.9. The van der Waals surface area contributed by atoms with E-state index >= 15 is 0 Å². The van der Waals surface area contributed by atoms with Gasteiger partial charge in [0.05, 0.1) is 0 Å². The fourth-order valence-electron chi connectivity index (χ4n) is 4.15. The summed E-state index contributed by atoms with van der Waals surface area (Å²) in [5.74, 6) is 0. The van der Waals surface area contributed by atoms with Gasteiger partial charge in [-0.25, -0.2) is 0 Å². The van der Waals surface area contributed by atoms with Crippen molar-refractivity contribution in [3.8, 4) is 0 Å². The van der Waals surface area contributed by atoms with Gasteiger partial charge in [-0.3, -0.25) is 0 Å². The molecule has 0 aromatic heterocycles. The molecule has 0 amide bonds. The molecule has 0 bridgehead atoms. The molecule has 3 aliphatic rings. The maximum Gasteiger partial charge on any atom is 0.0243 e. The summed E-state index contributed by atoms with van der Waals surface area (Å²) < 4.78 is 0. The fraction of sp³-hybridized carbons (Fsp3) is 0.238. The molecule has 0 radical (unpaired) electrons. The number of allylic oxidation sites excluding steroid dienone is 7. The summed E-state index contributed by atoms with van der Waals surface area (Å²) in [4.78, 5) is 2.65. The molecule has 1 atom stereocenters. The van der Waals surface area contributed by atoms with Gasteiger partial charge in [-0.2, -0.15) is 0 Å². The lowest BCUT2D eigenvalue weighted by molar-refractivity contribution is 0.529. The molecule has 0 nitrogen and oxygen atoms in total. The molecule has 1 aromatic rings. The average molecular weight is 304 g/mol. The summed E-state index contributed by atoms with van der Waals surface area (Å²) >= 11 is 1.84. The van der Waals surface area contributed by atoms with Crippen LogP contribution in [0.4, 0.5) is 0 Å². The van der Waals surface area contributed by atoms with E-state index in [4.69, 9.17) is 0 Å². The van der Waals surface area contributed by atoms with E-state index in [2.05, 4.69) is 56.5 Å². The summed E-state index contributed by atoms with van der Waals surface area (Å²) in [6.07, 6.45) is 9.98. The van der Waals surface area contributed by atoms with Crippen molar-refractivity contribution in [2.24, 2.45) is 0 Å². The van der Waals surface area contributed by atoms with Gasteiger partial charge in [0.1, 0.15) is 0 Å². The topological polar surface area (TPSA) is 0 Å². The van der Waals surface area contributed by atoms with E-state index in [1.807, 2.05) is 17.8 Å². The van der Waals surface area contributed by atoms with E-state index in [1.165, 1.54) is 37.7 Å². The number of fused-ring (bicyclic) bond motifs is 3. The SMILES string of the molecule is C=CC1=C2C(=C)C3=C(C=CCC3)CC2(C)c2ccccc2S1. The lowest BCUT2D eigenvalue weighted by Crippen LogP contribution is -2.34. The number of hydrogen-bond donors (Lipinski definition) is 0. The molecule has 1 heteroatoms. The lowest BCUT2D eigenvalue weighted by atomic mass is 9.62. The zero-order chi connectivity index (χ0) is 15.3. The highest BCUT2D eigenvalue weighted by Crippen LogP contribution is 2.57. The Labute approximate surface area is 137 Å². The van der Waals surface area contributed by atoms with E-state index in [0.29, 0.717) is 0 Å². The molecule has 0 saturated carbocycles. The fourth-order valence-corrected chi connectivity index (χ4v) is 5.47. The molecule has 0 N–H and O–H groups in total. The van der Waals surface area contributed by atoms with Crippen molar-refractivity contribution in [3.05, 3.63) is 88.4 Å². The van der Waals surface area contributed by atoms with E-state index < -0.39 is 0 Å². The maximum absolute atomic E-state index is 4.49. The lowest BCUT2D eigenvalue weighted by Gasteiger charge is -2.45. The summed E-state index contributed by atoms with van der Waals surface area (Å²) in [7, 11) is 0. The second kappa shape index (κ2) is 4.89. The maximum atomic E-state index is 4.49. The van der Waals surface area contributed by atoms with Gasteiger partial charge < -0.3 is 0 Å². The van der Waals surface area contributed by atoms with Gasteiger partial charge in [-0.05, 0) is 53.2 Å². The van der Waals surface area contributed by atoms with Gasteiger partial charge in [-0.15, -0.1) is 0 Å². The first-order valence-electron chi connectivity index (χ1n) is 7.88. The Morgan fingerprint density at radius 1 is 1.27 bits per heavy atom. The van der Waals surface area contributed by atoms with E-state index in [0.717, 1.165) is 19.3 Å². The molecule has 0 spiro atoms. The minimum absolute atomic E-state index is 0.0168. The van der Waals surface area contributed by atoms with Crippen LogP contribution in [0.1, 0.15) is 31.7 Å². The predicted molar refractivity (Wildman–Crippen MR) is 96.0 cm³/mol. The number of thioether (sulfide) groups is 1. The Bertz CT molecular complexity index is 788. The van der Waals surface area contributed by atoms with Gasteiger partial charge >= 0.3 is 0 Å². The van der Waals surface area contributed by atoms with Crippen LogP contribution in [0.25, 0.3) is 0 Å². The highest BCUT2D eigenvalue weighted by molar-refractivity contribution is 8.03. The Balaban J connectivity index is 2.00. The monoisotopic (exact) mass is 304 g/mol. The minimum Gasteiger partial charge on any atom is -0.0979 e. The molecule has 2 aliphatic carbocycles. The minimum atomic E-state index is 0.0168. The van der Waals surface area contributed by atoms with Crippen LogP contribution >= 0.6 is 11.8 Å². The molecule has 0 saturated heterocycles. The van der Waals surface area contributed by atoms with E-state index in [-0.39, 0.29) is 5.41 Å². The van der Waals surface area contributed by atoms with Gasteiger partial charge in [0.25, 0.3) is 0 Å². The second-order valence-corrected chi connectivity index (χ2v) is 7.56. The Morgan fingerprint density at radius 3 is 2.91 bits per heavy atom. The molecule has 1 heterocycles. The van der Waals surface area contributed by atoms with E-state index in [1.54, 1.807) is 0 Å². The van der Waals surface area contributed by atoms with Crippen LogP contribution in [0.2, 0.25) is 0 Å². The predicted octanol–water partition coefficient (Wildman–Crippen LogP) is 6.10. The van der Waals surface area contributed by atoms with Crippen molar-refractivity contribution in [1.82, 2.24) is 0 Å². The smallest absolute Gasteiger partial charge is 0.0243 e. The van der Waals surface area contributed by atoms with Crippen molar-refractivity contribution in [2.45, 2.75) is 36.5 Å². The third-order valence-corrected chi connectivity index (χ3v) is 6.33. The summed E-state index contributed by atoms with van der Waals surface area (Å²) in [6, 6.07) is 8.80. The Hall–Kier alpha value is -1.73. The Kier molecular flexibility index (Phi) is 3.09. The van der Waals surface area contributed by atoms with Crippen molar-refractivity contribution >= 4 is 11.8 Å². The van der Waals surface area contributed by atoms with Crippen LogP contribution in [0.3, 0.4) is 0 Å². The largest absolute Gasteiger partial charge is 0.0979 e. The zero-order valence-corrected chi connectivity index (χ0v) is 13.8. The highest BCUT2D eigenvalue weighted by atomic mass is 32.2. The Morgan fingerprint density at radius 2 is 2.09 bits per heavy atom. The highest BCUT2D eigenvalue weighted by Gasteiger charge is 2.43. The van der Waals surface area contributed by atoms with Crippen LogP contribution in [-0.2, 0) is 5.41 Å². The molecule has 4 rings (SSSR count). The zero-order valence-electron chi connectivity index (χ0n) is 13.0. The van der Waals surface area contributed by atoms with Gasteiger partial charge in [0.2, 0.25) is 0 Å². The van der Waals surface area contributed by atoms with E-state index in [9.17, 15) is 0 Å². The van der Waals surface area contributed by atoms with Gasteiger partial charge in [-0.1, -0.05) is 68.3 Å². The van der Waals surface area contributed by atoms with Crippen molar-refractivity contribution in [3.63, 3.8) is 0 Å². The first kappa shape index (κ1) is 13.9. The molecule has 22 heavy (non-hydrogen) atoms. The molecular formula is C21H20S. The third-order valence-electron chi connectivity index (χ3n) is 5.16. The van der Waals surface area contributed by atoms with Crippen molar-refractivity contribution in [2.75, 3.05) is 0 Å². The van der Waals surface area contributed by atoms with Crippen LogP contribution in [0.5, 0.6) is 0 Å². The molecule has 110 valence electrons. The van der Waals surface area contributed by atoms with Crippen molar-refractivity contribution < 1.29 is 0 Å². The standard InChI is InChI=1S/C21H20S/c1-4-18-20-14(2)16-10-6-5-9-15(16)13-21(20,3)17-11-7-8-12-19(17)22-18/h4-5,7-9,11-12H,1-2,6,10,13H2,3H3. The molecule has 1 aliphatic heterocycles. The molecular weight excluding hydrogens is 284 g/mol.